The Morgan fingerprint density at radius 3 is 1.95 bits per heavy atom. The standard InChI is InChI=1S/C15H12N4/c16-15-14(12-3-7-18-8-4-12)9-13(10-19-15)11-1-5-17-6-2-11/h1-10H,(H2,16,19). The Morgan fingerprint density at radius 2 is 1.32 bits per heavy atom. The molecule has 0 fully saturated rings. The molecule has 19 heavy (non-hydrogen) atoms. The van der Waals surface area contributed by atoms with E-state index in [2.05, 4.69) is 15.0 Å². The van der Waals surface area contributed by atoms with Gasteiger partial charge in [-0.1, -0.05) is 0 Å². The molecule has 0 spiro atoms. The summed E-state index contributed by atoms with van der Waals surface area (Å²) in [7, 11) is 0. The van der Waals surface area contributed by atoms with Crippen molar-refractivity contribution in [2.24, 2.45) is 0 Å². The molecule has 0 saturated heterocycles. The van der Waals surface area contributed by atoms with E-state index in [1.54, 1.807) is 31.0 Å². The van der Waals surface area contributed by atoms with Gasteiger partial charge in [-0.2, -0.15) is 0 Å². The topological polar surface area (TPSA) is 64.7 Å². The van der Waals surface area contributed by atoms with Gasteiger partial charge in [0.25, 0.3) is 0 Å². The number of nitrogens with two attached hydrogens (primary N) is 1. The van der Waals surface area contributed by atoms with Crippen molar-refractivity contribution in [1.82, 2.24) is 15.0 Å². The lowest BCUT2D eigenvalue weighted by Gasteiger charge is -2.08. The molecule has 3 aromatic heterocycles. The maximum atomic E-state index is 5.96. The highest BCUT2D eigenvalue weighted by Gasteiger charge is 2.06. The molecule has 4 nitrogen and oxygen atoms in total. The molecule has 0 aliphatic carbocycles. The number of pyridine rings is 3. The van der Waals surface area contributed by atoms with Crippen molar-refractivity contribution < 1.29 is 0 Å². The van der Waals surface area contributed by atoms with Crippen LogP contribution < -0.4 is 5.73 Å². The summed E-state index contributed by atoms with van der Waals surface area (Å²) in [6.45, 7) is 0. The first-order valence-corrected chi connectivity index (χ1v) is 5.91. The first-order valence-electron chi connectivity index (χ1n) is 5.91. The third-order valence-electron chi connectivity index (χ3n) is 2.92. The highest BCUT2D eigenvalue weighted by atomic mass is 14.8. The molecule has 4 heteroatoms. The molecular weight excluding hydrogens is 236 g/mol. The minimum Gasteiger partial charge on any atom is -0.383 e. The second kappa shape index (κ2) is 4.86. The van der Waals surface area contributed by atoms with Gasteiger partial charge < -0.3 is 5.73 Å². The average Bonchev–Trinajstić information content (AvgIpc) is 2.49. The number of aromatic nitrogens is 3. The van der Waals surface area contributed by atoms with E-state index in [0.717, 1.165) is 22.3 Å². The fourth-order valence-corrected chi connectivity index (χ4v) is 1.94. The van der Waals surface area contributed by atoms with Gasteiger partial charge in [-0.3, -0.25) is 9.97 Å². The number of hydrogen-bond donors (Lipinski definition) is 1. The van der Waals surface area contributed by atoms with Crippen molar-refractivity contribution in [2.45, 2.75) is 0 Å². The van der Waals surface area contributed by atoms with E-state index in [1.165, 1.54) is 0 Å². The number of rotatable bonds is 2. The van der Waals surface area contributed by atoms with Crippen LogP contribution in [-0.2, 0) is 0 Å². The summed E-state index contributed by atoms with van der Waals surface area (Å²) >= 11 is 0. The van der Waals surface area contributed by atoms with Gasteiger partial charge in [0.15, 0.2) is 0 Å². The van der Waals surface area contributed by atoms with Gasteiger partial charge in [0.1, 0.15) is 5.82 Å². The Morgan fingerprint density at radius 1 is 0.737 bits per heavy atom. The van der Waals surface area contributed by atoms with E-state index in [4.69, 9.17) is 5.73 Å². The largest absolute Gasteiger partial charge is 0.383 e. The van der Waals surface area contributed by atoms with Crippen LogP contribution in [0.15, 0.2) is 61.3 Å². The molecule has 3 heterocycles. The lowest BCUT2D eigenvalue weighted by atomic mass is 10.0. The predicted octanol–water partition coefficient (Wildman–Crippen LogP) is 2.79. The number of anilines is 1. The zero-order valence-electron chi connectivity index (χ0n) is 10.2. The van der Waals surface area contributed by atoms with Crippen LogP contribution in [0.1, 0.15) is 0 Å². The lowest BCUT2D eigenvalue weighted by molar-refractivity contribution is 1.30. The van der Waals surface area contributed by atoms with Gasteiger partial charge in [-0.15, -0.1) is 0 Å². The zero-order chi connectivity index (χ0) is 13.1. The average molecular weight is 248 g/mol. The Hall–Kier alpha value is -2.75. The van der Waals surface area contributed by atoms with Crippen LogP contribution in [0.2, 0.25) is 0 Å². The van der Waals surface area contributed by atoms with E-state index in [-0.39, 0.29) is 0 Å². The van der Waals surface area contributed by atoms with Crippen LogP contribution in [-0.4, -0.2) is 15.0 Å². The summed E-state index contributed by atoms with van der Waals surface area (Å²) in [6.07, 6.45) is 8.78. The summed E-state index contributed by atoms with van der Waals surface area (Å²) in [5.41, 5.74) is 9.96. The van der Waals surface area contributed by atoms with Gasteiger partial charge in [0.2, 0.25) is 0 Å². The molecule has 3 rings (SSSR count). The van der Waals surface area contributed by atoms with Gasteiger partial charge in [0, 0.05) is 42.1 Å². The first-order chi connectivity index (χ1) is 9.34. The summed E-state index contributed by atoms with van der Waals surface area (Å²) < 4.78 is 0. The van der Waals surface area contributed by atoms with Crippen molar-refractivity contribution in [1.29, 1.82) is 0 Å². The summed E-state index contributed by atoms with van der Waals surface area (Å²) in [5.74, 6) is 0.518. The molecule has 0 saturated carbocycles. The van der Waals surface area contributed by atoms with E-state index in [9.17, 15) is 0 Å². The van der Waals surface area contributed by atoms with Crippen molar-refractivity contribution >= 4 is 5.82 Å². The summed E-state index contributed by atoms with van der Waals surface area (Å²) in [4.78, 5) is 12.3. The molecule has 0 aliphatic rings. The second-order valence-corrected chi connectivity index (χ2v) is 4.13. The van der Waals surface area contributed by atoms with Crippen molar-refractivity contribution in [3.05, 3.63) is 61.3 Å². The van der Waals surface area contributed by atoms with Gasteiger partial charge in [-0.05, 0) is 41.5 Å². The van der Waals surface area contributed by atoms with Crippen LogP contribution in [0.5, 0.6) is 0 Å². The van der Waals surface area contributed by atoms with E-state index in [1.807, 2.05) is 30.3 Å². The smallest absolute Gasteiger partial charge is 0.131 e. The maximum Gasteiger partial charge on any atom is 0.131 e. The van der Waals surface area contributed by atoms with Crippen molar-refractivity contribution in [3.8, 4) is 22.3 Å². The highest BCUT2D eigenvalue weighted by Crippen LogP contribution is 2.28. The van der Waals surface area contributed by atoms with E-state index in [0.29, 0.717) is 5.82 Å². The molecule has 0 aromatic carbocycles. The molecule has 2 N–H and O–H groups in total. The number of nitrogens with zero attached hydrogens (tertiary/aromatic N) is 3. The fraction of sp³-hybridized carbons (Fsp3) is 0. The quantitative estimate of drug-likeness (QED) is 0.757. The zero-order valence-corrected chi connectivity index (χ0v) is 10.2. The molecular formula is C15H12N4. The molecule has 0 atom stereocenters. The number of nitrogen functional groups attached to an aromatic ring is 1. The number of hydrogen-bond acceptors (Lipinski definition) is 4. The normalized spacial score (nSPS) is 10.3. The third-order valence-corrected chi connectivity index (χ3v) is 2.92. The van der Waals surface area contributed by atoms with Crippen LogP contribution >= 0.6 is 0 Å². The van der Waals surface area contributed by atoms with Gasteiger partial charge >= 0.3 is 0 Å². The molecule has 3 aromatic rings. The van der Waals surface area contributed by atoms with E-state index >= 15 is 0 Å². The first kappa shape index (κ1) is 11.3. The third kappa shape index (κ3) is 2.28. The summed E-state index contributed by atoms with van der Waals surface area (Å²) in [5, 5.41) is 0. The molecule has 0 amide bonds. The second-order valence-electron chi connectivity index (χ2n) is 4.13. The van der Waals surface area contributed by atoms with Crippen molar-refractivity contribution in [2.75, 3.05) is 5.73 Å². The van der Waals surface area contributed by atoms with Crippen LogP contribution in [0.3, 0.4) is 0 Å². The molecule has 0 bridgehead atoms. The Balaban J connectivity index is 2.12. The molecule has 0 radical (unpaired) electrons. The summed E-state index contributed by atoms with van der Waals surface area (Å²) in [6, 6.07) is 9.77. The maximum absolute atomic E-state index is 5.96. The predicted molar refractivity (Wildman–Crippen MR) is 75.1 cm³/mol. The fourth-order valence-electron chi connectivity index (χ4n) is 1.94. The minimum absolute atomic E-state index is 0.518. The van der Waals surface area contributed by atoms with Crippen LogP contribution in [0, 0.1) is 0 Å². The molecule has 92 valence electrons. The Bertz CT molecular complexity index is 681. The highest BCUT2D eigenvalue weighted by molar-refractivity contribution is 5.78. The Kier molecular flexibility index (Phi) is 2.90. The van der Waals surface area contributed by atoms with Crippen molar-refractivity contribution in [3.63, 3.8) is 0 Å². The van der Waals surface area contributed by atoms with E-state index < -0.39 is 0 Å². The van der Waals surface area contributed by atoms with Crippen LogP contribution in [0.25, 0.3) is 22.3 Å². The Labute approximate surface area is 111 Å². The SMILES string of the molecule is Nc1ncc(-c2ccncc2)cc1-c1ccncc1. The lowest BCUT2D eigenvalue weighted by Crippen LogP contribution is -1.95. The van der Waals surface area contributed by atoms with Crippen LogP contribution in [0.4, 0.5) is 5.82 Å². The monoisotopic (exact) mass is 248 g/mol. The van der Waals surface area contributed by atoms with Gasteiger partial charge in [-0.25, -0.2) is 4.98 Å². The molecule has 0 unspecified atom stereocenters. The minimum atomic E-state index is 0.518. The van der Waals surface area contributed by atoms with Gasteiger partial charge in [0.05, 0.1) is 0 Å². The molecule has 0 aliphatic heterocycles.